The first-order chi connectivity index (χ1) is 20.6. The van der Waals surface area contributed by atoms with E-state index in [9.17, 15) is 4.39 Å². The second-order valence-corrected chi connectivity index (χ2v) is 10.3. The van der Waals surface area contributed by atoms with E-state index in [-0.39, 0.29) is 18.5 Å². The van der Waals surface area contributed by atoms with Gasteiger partial charge in [-0.25, -0.2) is 14.4 Å². The Labute approximate surface area is 248 Å². The molecule has 1 aliphatic heterocycles. The summed E-state index contributed by atoms with van der Waals surface area (Å²) in [7, 11) is 0. The molecule has 0 unspecified atom stereocenters. The van der Waals surface area contributed by atoms with Crippen LogP contribution in [0.25, 0.3) is 10.9 Å². The summed E-state index contributed by atoms with van der Waals surface area (Å²) < 4.78 is 37.5. The fourth-order valence-electron chi connectivity index (χ4n) is 4.73. The van der Waals surface area contributed by atoms with E-state index in [4.69, 9.17) is 30.5 Å². The maximum absolute atomic E-state index is 13.5. The molecular weight excluding hydrogens is 557 g/mol. The van der Waals surface area contributed by atoms with E-state index >= 15 is 0 Å². The molecule has 1 N–H and O–H groups in total. The second kappa shape index (κ2) is 13.1. The van der Waals surface area contributed by atoms with Crippen molar-refractivity contribution in [1.29, 1.82) is 0 Å². The Morgan fingerprint density at radius 2 is 1.64 bits per heavy atom. The van der Waals surface area contributed by atoms with Crippen LogP contribution in [0.5, 0.6) is 17.2 Å². The molecule has 1 aromatic heterocycles. The van der Waals surface area contributed by atoms with Crippen molar-refractivity contribution in [2.24, 2.45) is 0 Å². The van der Waals surface area contributed by atoms with Crippen LogP contribution in [0, 0.1) is 5.82 Å². The van der Waals surface area contributed by atoms with E-state index in [1.54, 1.807) is 24.3 Å². The van der Waals surface area contributed by atoms with Gasteiger partial charge in [-0.15, -0.1) is 0 Å². The predicted molar refractivity (Wildman–Crippen MR) is 160 cm³/mol. The van der Waals surface area contributed by atoms with Crippen molar-refractivity contribution in [1.82, 2.24) is 9.97 Å². The van der Waals surface area contributed by atoms with Crippen molar-refractivity contribution >= 4 is 34.0 Å². The topological polar surface area (TPSA) is 74.7 Å². The number of fused-ring (bicyclic) bond motifs is 1. The van der Waals surface area contributed by atoms with Gasteiger partial charge in [-0.1, -0.05) is 54.1 Å². The zero-order valence-corrected chi connectivity index (χ0v) is 23.5. The van der Waals surface area contributed by atoms with Gasteiger partial charge in [-0.05, 0) is 41.5 Å². The molecule has 42 heavy (non-hydrogen) atoms. The molecule has 0 atom stereocenters. The Hall–Kier alpha value is -4.40. The van der Waals surface area contributed by atoms with E-state index in [1.807, 2.05) is 48.5 Å². The monoisotopic (exact) mass is 585 g/mol. The van der Waals surface area contributed by atoms with Gasteiger partial charge in [0.05, 0.1) is 29.1 Å². The summed E-state index contributed by atoms with van der Waals surface area (Å²) >= 11 is 6.55. The van der Waals surface area contributed by atoms with Gasteiger partial charge in [-0.2, -0.15) is 0 Å². The van der Waals surface area contributed by atoms with Crippen LogP contribution >= 0.6 is 11.6 Å². The number of hydrogen-bond donors (Lipinski definition) is 1. The average molecular weight is 586 g/mol. The smallest absolute Gasteiger partial charge is 0.145 e. The molecule has 4 aromatic carbocycles. The lowest BCUT2D eigenvalue weighted by Gasteiger charge is -2.24. The van der Waals surface area contributed by atoms with Crippen LogP contribution in [0.1, 0.15) is 24.0 Å². The van der Waals surface area contributed by atoms with E-state index in [0.717, 1.165) is 23.8 Å². The maximum Gasteiger partial charge on any atom is 0.145 e. The summed E-state index contributed by atoms with van der Waals surface area (Å²) in [5, 5.41) is 4.51. The largest absolute Gasteiger partial charge is 0.489 e. The van der Waals surface area contributed by atoms with E-state index in [0.29, 0.717) is 64.7 Å². The summed E-state index contributed by atoms with van der Waals surface area (Å²) in [4.78, 5) is 9.07. The number of halogens is 2. The zero-order chi connectivity index (χ0) is 28.7. The van der Waals surface area contributed by atoms with Crippen LogP contribution in [-0.4, -0.2) is 29.3 Å². The molecule has 1 fully saturated rings. The van der Waals surface area contributed by atoms with Crippen LogP contribution < -0.4 is 19.5 Å². The quantitative estimate of drug-likeness (QED) is 0.179. The maximum atomic E-state index is 13.5. The van der Waals surface area contributed by atoms with Crippen molar-refractivity contribution in [3.05, 3.63) is 113 Å². The number of ether oxygens (including phenoxy) is 4. The van der Waals surface area contributed by atoms with Gasteiger partial charge in [0.25, 0.3) is 0 Å². The molecule has 0 saturated carbocycles. The van der Waals surface area contributed by atoms with Crippen molar-refractivity contribution in [3.63, 3.8) is 0 Å². The number of rotatable bonds is 10. The van der Waals surface area contributed by atoms with Gasteiger partial charge >= 0.3 is 0 Å². The molecule has 6 rings (SSSR count). The van der Waals surface area contributed by atoms with Crippen LogP contribution in [-0.2, 0) is 18.0 Å². The molecule has 7 nitrogen and oxygen atoms in total. The Balaban J connectivity index is 1.26. The summed E-state index contributed by atoms with van der Waals surface area (Å²) in [5.74, 6) is 2.03. The molecule has 9 heteroatoms. The van der Waals surface area contributed by atoms with Crippen LogP contribution in [0.4, 0.5) is 15.9 Å². The molecule has 214 valence electrons. The molecule has 1 aliphatic rings. The molecule has 2 heterocycles. The highest BCUT2D eigenvalue weighted by molar-refractivity contribution is 6.32. The lowest BCUT2D eigenvalue weighted by atomic mass is 10.1. The number of aromatic nitrogens is 2. The van der Waals surface area contributed by atoms with Crippen LogP contribution in [0.3, 0.4) is 0 Å². The number of hydrogen-bond acceptors (Lipinski definition) is 7. The van der Waals surface area contributed by atoms with E-state index in [1.165, 1.54) is 18.5 Å². The summed E-state index contributed by atoms with van der Waals surface area (Å²) in [6.07, 6.45) is 3.09. The van der Waals surface area contributed by atoms with Crippen molar-refractivity contribution in [2.45, 2.75) is 32.2 Å². The first kappa shape index (κ1) is 27.8. The van der Waals surface area contributed by atoms with E-state index in [2.05, 4.69) is 15.3 Å². The molecule has 0 bridgehead atoms. The highest BCUT2D eigenvalue weighted by Gasteiger charge is 2.20. The minimum atomic E-state index is -0.311. The third-order valence-electron chi connectivity index (χ3n) is 6.86. The summed E-state index contributed by atoms with van der Waals surface area (Å²) in [6, 6.07) is 25.4. The van der Waals surface area contributed by atoms with Gasteiger partial charge < -0.3 is 24.3 Å². The fourth-order valence-corrected chi connectivity index (χ4v) is 4.97. The number of benzene rings is 4. The summed E-state index contributed by atoms with van der Waals surface area (Å²) in [6.45, 7) is 1.93. The molecule has 0 spiro atoms. The minimum Gasteiger partial charge on any atom is -0.489 e. The fraction of sp³-hybridized carbons (Fsp3) is 0.212. The molecule has 5 aromatic rings. The van der Waals surface area contributed by atoms with E-state index < -0.39 is 0 Å². The van der Waals surface area contributed by atoms with Crippen molar-refractivity contribution in [2.75, 3.05) is 18.5 Å². The standard InChI is InChI=1S/C33H29ClFN3O4/c34-28-16-25(9-10-30(28)41-20-23-7-4-8-24(35)15-23)38-33-32-29(36-21-37-33)17-27(40-19-22-5-2-1-3-6-22)18-31(32)42-26-11-13-39-14-12-26/h1-10,15-18,21,26H,11-14,19-20H2,(H,36,37,38). The van der Waals surface area contributed by atoms with Gasteiger partial charge in [0.15, 0.2) is 0 Å². The van der Waals surface area contributed by atoms with Gasteiger partial charge in [0, 0.05) is 30.7 Å². The first-order valence-electron chi connectivity index (χ1n) is 13.7. The van der Waals surface area contributed by atoms with Gasteiger partial charge in [0.2, 0.25) is 0 Å². The lowest BCUT2D eigenvalue weighted by Crippen LogP contribution is -2.26. The van der Waals surface area contributed by atoms with Crippen molar-refractivity contribution < 1.29 is 23.3 Å². The summed E-state index contributed by atoms with van der Waals surface area (Å²) in [5.41, 5.74) is 3.17. The lowest BCUT2D eigenvalue weighted by molar-refractivity contribution is 0.0261. The number of anilines is 2. The molecule has 0 aliphatic carbocycles. The Bertz CT molecular complexity index is 1660. The average Bonchev–Trinajstić information content (AvgIpc) is 3.01. The van der Waals surface area contributed by atoms with Crippen molar-refractivity contribution in [3.8, 4) is 17.2 Å². The Morgan fingerprint density at radius 1 is 0.833 bits per heavy atom. The third-order valence-corrected chi connectivity index (χ3v) is 7.16. The highest BCUT2D eigenvalue weighted by atomic mass is 35.5. The van der Waals surface area contributed by atoms with Gasteiger partial charge in [0.1, 0.15) is 54.5 Å². The third kappa shape index (κ3) is 6.90. The van der Waals surface area contributed by atoms with Gasteiger partial charge in [-0.3, -0.25) is 0 Å². The molecular formula is C33H29ClFN3O4. The normalized spacial score (nSPS) is 13.6. The predicted octanol–water partition coefficient (Wildman–Crippen LogP) is 7.88. The highest BCUT2D eigenvalue weighted by Crippen LogP contribution is 2.38. The van der Waals surface area contributed by atoms with Crippen LogP contribution in [0.2, 0.25) is 5.02 Å². The Morgan fingerprint density at radius 3 is 2.45 bits per heavy atom. The Kier molecular flexibility index (Phi) is 8.63. The molecule has 0 amide bonds. The first-order valence-corrected chi connectivity index (χ1v) is 14.1. The number of nitrogens with zero attached hydrogens (tertiary/aromatic N) is 2. The van der Waals surface area contributed by atoms with Crippen LogP contribution in [0.15, 0.2) is 91.3 Å². The zero-order valence-electron chi connectivity index (χ0n) is 22.8. The molecule has 0 radical (unpaired) electrons. The number of nitrogens with one attached hydrogen (secondary N) is 1. The SMILES string of the molecule is Fc1cccc(COc2ccc(Nc3ncnc4cc(OCc5ccccc5)cc(OC5CCOCC5)c34)cc2Cl)c1. The minimum absolute atomic E-state index is 0.00310. The molecule has 1 saturated heterocycles. The second-order valence-electron chi connectivity index (χ2n) is 9.93.